The van der Waals surface area contributed by atoms with Gasteiger partial charge in [0.2, 0.25) is 0 Å². The monoisotopic (exact) mass is 243 g/mol. The maximum absolute atomic E-state index is 11.7. The molecule has 0 bridgehead atoms. The highest BCUT2D eigenvalue weighted by Crippen LogP contribution is 2.27. The highest BCUT2D eigenvalue weighted by molar-refractivity contribution is 6.08. The van der Waals surface area contributed by atoms with Gasteiger partial charge in [-0.25, -0.2) is 4.79 Å². The SMILES string of the molecule is COC(=O)c1ccc(NC(C)C)c2ccccc12. The quantitative estimate of drug-likeness (QED) is 0.839. The van der Waals surface area contributed by atoms with Crippen molar-refractivity contribution in [2.75, 3.05) is 12.4 Å². The number of anilines is 1. The standard InChI is InChI=1S/C15H17NO2/c1-10(2)16-14-9-8-13(15(17)18-3)11-6-4-5-7-12(11)14/h4-10,16H,1-3H3. The maximum Gasteiger partial charge on any atom is 0.338 e. The van der Waals surface area contributed by atoms with Gasteiger partial charge < -0.3 is 10.1 Å². The molecule has 0 radical (unpaired) electrons. The lowest BCUT2D eigenvalue weighted by Gasteiger charge is -2.14. The lowest BCUT2D eigenvalue weighted by atomic mass is 10.0. The van der Waals surface area contributed by atoms with Gasteiger partial charge in [-0.2, -0.15) is 0 Å². The van der Waals surface area contributed by atoms with Crippen LogP contribution in [0.3, 0.4) is 0 Å². The van der Waals surface area contributed by atoms with Crippen molar-refractivity contribution in [2.45, 2.75) is 19.9 Å². The maximum atomic E-state index is 11.7. The van der Waals surface area contributed by atoms with Gasteiger partial charge in [0.25, 0.3) is 0 Å². The van der Waals surface area contributed by atoms with E-state index in [1.807, 2.05) is 30.3 Å². The molecule has 94 valence electrons. The van der Waals surface area contributed by atoms with Crippen LogP contribution in [0.25, 0.3) is 10.8 Å². The first kappa shape index (κ1) is 12.4. The van der Waals surface area contributed by atoms with E-state index >= 15 is 0 Å². The van der Waals surface area contributed by atoms with Crippen LogP contribution in [0.5, 0.6) is 0 Å². The smallest absolute Gasteiger partial charge is 0.338 e. The first-order chi connectivity index (χ1) is 8.63. The van der Waals surface area contributed by atoms with Crippen LogP contribution < -0.4 is 5.32 Å². The molecule has 0 heterocycles. The summed E-state index contributed by atoms with van der Waals surface area (Å²) < 4.78 is 4.81. The van der Waals surface area contributed by atoms with Gasteiger partial charge in [0.15, 0.2) is 0 Å². The molecular weight excluding hydrogens is 226 g/mol. The Labute approximate surface area is 107 Å². The molecule has 0 saturated carbocycles. The number of hydrogen-bond donors (Lipinski definition) is 1. The second kappa shape index (κ2) is 5.08. The van der Waals surface area contributed by atoms with Crippen molar-refractivity contribution in [1.29, 1.82) is 0 Å². The van der Waals surface area contributed by atoms with Gasteiger partial charge in [0.1, 0.15) is 0 Å². The fourth-order valence-electron chi connectivity index (χ4n) is 2.02. The van der Waals surface area contributed by atoms with E-state index in [2.05, 4.69) is 19.2 Å². The number of rotatable bonds is 3. The Hall–Kier alpha value is -2.03. The van der Waals surface area contributed by atoms with Crippen molar-refractivity contribution >= 4 is 22.4 Å². The molecule has 2 aromatic carbocycles. The van der Waals surface area contributed by atoms with Gasteiger partial charge in [-0.05, 0) is 31.4 Å². The minimum Gasteiger partial charge on any atom is -0.465 e. The molecule has 0 aliphatic rings. The summed E-state index contributed by atoms with van der Waals surface area (Å²) in [5.74, 6) is -0.303. The third-order valence-electron chi connectivity index (χ3n) is 2.77. The largest absolute Gasteiger partial charge is 0.465 e. The van der Waals surface area contributed by atoms with Crippen LogP contribution in [0.2, 0.25) is 0 Å². The fourth-order valence-corrected chi connectivity index (χ4v) is 2.02. The molecular formula is C15H17NO2. The van der Waals surface area contributed by atoms with E-state index in [0.29, 0.717) is 11.6 Å². The van der Waals surface area contributed by atoms with E-state index in [-0.39, 0.29) is 5.97 Å². The Balaban J connectivity index is 2.62. The first-order valence-electron chi connectivity index (χ1n) is 6.00. The molecule has 0 aliphatic heterocycles. The number of carbonyl (C=O) groups is 1. The molecule has 1 N–H and O–H groups in total. The Kier molecular flexibility index (Phi) is 3.51. The van der Waals surface area contributed by atoms with E-state index in [1.54, 1.807) is 6.07 Å². The minimum atomic E-state index is -0.303. The molecule has 2 aromatic rings. The second-order valence-corrected chi connectivity index (χ2v) is 4.50. The topological polar surface area (TPSA) is 38.3 Å². The highest BCUT2D eigenvalue weighted by Gasteiger charge is 2.12. The average molecular weight is 243 g/mol. The normalized spacial score (nSPS) is 10.7. The molecule has 18 heavy (non-hydrogen) atoms. The van der Waals surface area contributed by atoms with Crippen LogP contribution in [0, 0.1) is 0 Å². The average Bonchev–Trinajstić information content (AvgIpc) is 2.38. The van der Waals surface area contributed by atoms with Crippen LogP contribution in [-0.4, -0.2) is 19.1 Å². The second-order valence-electron chi connectivity index (χ2n) is 4.50. The number of benzene rings is 2. The summed E-state index contributed by atoms with van der Waals surface area (Å²) in [5, 5.41) is 5.33. The van der Waals surface area contributed by atoms with Crippen molar-refractivity contribution in [2.24, 2.45) is 0 Å². The predicted molar refractivity (Wildman–Crippen MR) is 74.0 cm³/mol. The Morgan fingerprint density at radius 2 is 1.78 bits per heavy atom. The summed E-state index contributed by atoms with van der Waals surface area (Å²) in [7, 11) is 1.40. The molecule has 0 amide bonds. The fraction of sp³-hybridized carbons (Fsp3) is 0.267. The zero-order chi connectivity index (χ0) is 13.1. The van der Waals surface area contributed by atoms with Crippen LogP contribution >= 0.6 is 0 Å². The van der Waals surface area contributed by atoms with Crippen LogP contribution in [0.4, 0.5) is 5.69 Å². The van der Waals surface area contributed by atoms with E-state index in [4.69, 9.17) is 4.74 Å². The van der Waals surface area contributed by atoms with Crippen LogP contribution in [0.15, 0.2) is 36.4 Å². The Bertz CT molecular complexity index is 576. The number of nitrogens with one attached hydrogen (secondary N) is 1. The molecule has 3 heteroatoms. The lowest BCUT2D eigenvalue weighted by Crippen LogP contribution is -2.11. The minimum absolute atomic E-state index is 0.303. The van der Waals surface area contributed by atoms with Gasteiger partial charge >= 0.3 is 5.97 Å². The third-order valence-corrected chi connectivity index (χ3v) is 2.77. The van der Waals surface area contributed by atoms with E-state index in [0.717, 1.165) is 16.5 Å². The van der Waals surface area contributed by atoms with Crippen molar-refractivity contribution in [3.63, 3.8) is 0 Å². The lowest BCUT2D eigenvalue weighted by molar-refractivity contribution is 0.0603. The number of methoxy groups -OCH3 is 1. The molecule has 0 fully saturated rings. The number of ether oxygens (including phenoxy) is 1. The Morgan fingerprint density at radius 3 is 2.39 bits per heavy atom. The van der Waals surface area contributed by atoms with Crippen molar-refractivity contribution in [3.05, 3.63) is 42.0 Å². The molecule has 3 nitrogen and oxygen atoms in total. The predicted octanol–water partition coefficient (Wildman–Crippen LogP) is 3.45. The van der Waals surface area contributed by atoms with Gasteiger partial charge in [0.05, 0.1) is 12.7 Å². The van der Waals surface area contributed by atoms with Crippen molar-refractivity contribution in [3.8, 4) is 0 Å². The molecule has 0 saturated heterocycles. The highest BCUT2D eigenvalue weighted by atomic mass is 16.5. The summed E-state index contributed by atoms with van der Waals surface area (Å²) >= 11 is 0. The number of esters is 1. The van der Waals surface area contributed by atoms with E-state index in [9.17, 15) is 4.79 Å². The third kappa shape index (κ3) is 2.30. The number of fused-ring (bicyclic) bond motifs is 1. The van der Waals surface area contributed by atoms with Crippen molar-refractivity contribution in [1.82, 2.24) is 0 Å². The molecule has 2 rings (SSSR count). The van der Waals surface area contributed by atoms with Crippen molar-refractivity contribution < 1.29 is 9.53 Å². The van der Waals surface area contributed by atoms with E-state index < -0.39 is 0 Å². The summed E-state index contributed by atoms with van der Waals surface area (Å²) in [6.45, 7) is 4.17. The summed E-state index contributed by atoms with van der Waals surface area (Å²) in [6.07, 6.45) is 0. The molecule has 0 spiro atoms. The summed E-state index contributed by atoms with van der Waals surface area (Å²) in [5.41, 5.74) is 1.63. The van der Waals surface area contributed by atoms with Crippen LogP contribution in [0.1, 0.15) is 24.2 Å². The first-order valence-corrected chi connectivity index (χ1v) is 6.00. The molecule has 0 atom stereocenters. The number of carbonyl (C=O) groups excluding carboxylic acids is 1. The zero-order valence-electron chi connectivity index (χ0n) is 10.9. The number of hydrogen-bond acceptors (Lipinski definition) is 3. The molecule has 0 aliphatic carbocycles. The van der Waals surface area contributed by atoms with Gasteiger partial charge in [-0.15, -0.1) is 0 Å². The zero-order valence-corrected chi connectivity index (χ0v) is 10.9. The van der Waals surface area contributed by atoms with E-state index in [1.165, 1.54) is 7.11 Å². The molecule has 0 unspecified atom stereocenters. The van der Waals surface area contributed by atoms with Crippen LogP contribution in [-0.2, 0) is 4.74 Å². The summed E-state index contributed by atoms with van der Waals surface area (Å²) in [4.78, 5) is 11.7. The van der Waals surface area contributed by atoms with Gasteiger partial charge in [-0.3, -0.25) is 0 Å². The van der Waals surface area contributed by atoms with Gasteiger partial charge in [-0.1, -0.05) is 24.3 Å². The van der Waals surface area contributed by atoms with Gasteiger partial charge in [0, 0.05) is 17.1 Å². The molecule has 0 aromatic heterocycles. The summed E-state index contributed by atoms with van der Waals surface area (Å²) in [6, 6.07) is 11.9. The Morgan fingerprint density at radius 1 is 1.11 bits per heavy atom.